The fraction of sp³-hybridized carbons (Fsp3) is 0.222. The summed E-state index contributed by atoms with van der Waals surface area (Å²) in [7, 11) is 1.81. The van der Waals surface area contributed by atoms with Crippen molar-refractivity contribution in [1.82, 2.24) is 25.1 Å². The van der Waals surface area contributed by atoms with Crippen LogP contribution in [0, 0.1) is 6.92 Å². The smallest absolute Gasteiger partial charge is 0.233 e. The first-order chi connectivity index (χ1) is 12.1. The summed E-state index contributed by atoms with van der Waals surface area (Å²) in [6.07, 6.45) is 0. The molecule has 3 aromatic rings. The topological polar surface area (TPSA) is 63.9 Å². The molecule has 0 unspecified atom stereocenters. The molecule has 3 rings (SSSR count). The lowest BCUT2D eigenvalue weighted by Crippen LogP contribution is -2.28. The van der Waals surface area contributed by atoms with E-state index in [0.717, 1.165) is 11.3 Å². The SMILES string of the molecule is Cc1ccccc1CN(C)C(=O)CSc1nnnn1-c1ccccc1. The Labute approximate surface area is 150 Å². The van der Waals surface area contributed by atoms with E-state index in [1.165, 1.54) is 17.3 Å². The third-order valence-corrected chi connectivity index (χ3v) is 4.77. The maximum atomic E-state index is 12.4. The molecule has 7 heteroatoms. The van der Waals surface area contributed by atoms with Gasteiger partial charge in [0.05, 0.1) is 11.4 Å². The Balaban J connectivity index is 1.61. The number of amides is 1. The van der Waals surface area contributed by atoms with Crippen molar-refractivity contribution in [1.29, 1.82) is 0 Å². The molecule has 0 N–H and O–H groups in total. The summed E-state index contributed by atoms with van der Waals surface area (Å²) < 4.78 is 1.64. The standard InChI is InChI=1S/C18H19N5OS/c1-14-8-6-7-9-15(14)12-22(2)17(24)13-25-18-19-20-21-23(18)16-10-4-3-5-11-16/h3-11H,12-13H2,1-2H3. The molecule has 128 valence electrons. The Hall–Kier alpha value is -2.67. The minimum atomic E-state index is 0.0378. The van der Waals surface area contributed by atoms with Crippen LogP contribution in [0.4, 0.5) is 0 Å². The lowest BCUT2D eigenvalue weighted by molar-refractivity contribution is -0.127. The van der Waals surface area contributed by atoms with E-state index in [-0.39, 0.29) is 11.7 Å². The molecule has 0 aliphatic heterocycles. The molecule has 0 atom stereocenters. The Morgan fingerprint density at radius 3 is 2.60 bits per heavy atom. The third-order valence-electron chi connectivity index (χ3n) is 3.86. The fourth-order valence-corrected chi connectivity index (χ4v) is 3.20. The lowest BCUT2D eigenvalue weighted by atomic mass is 10.1. The Kier molecular flexibility index (Phi) is 5.45. The number of thioether (sulfide) groups is 1. The summed E-state index contributed by atoms with van der Waals surface area (Å²) in [6, 6.07) is 17.7. The summed E-state index contributed by atoms with van der Waals surface area (Å²) in [4.78, 5) is 14.2. The average molecular weight is 353 g/mol. The first kappa shape index (κ1) is 17.2. The van der Waals surface area contributed by atoms with Crippen LogP contribution < -0.4 is 0 Å². The average Bonchev–Trinajstić information content (AvgIpc) is 3.11. The van der Waals surface area contributed by atoms with Crippen LogP contribution in [-0.4, -0.2) is 43.8 Å². The van der Waals surface area contributed by atoms with Crippen molar-refractivity contribution in [3.05, 3.63) is 65.7 Å². The Morgan fingerprint density at radius 1 is 1.12 bits per heavy atom. The van der Waals surface area contributed by atoms with Gasteiger partial charge in [-0.25, -0.2) is 0 Å². The van der Waals surface area contributed by atoms with E-state index < -0.39 is 0 Å². The molecular weight excluding hydrogens is 334 g/mol. The van der Waals surface area contributed by atoms with Gasteiger partial charge in [0, 0.05) is 13.6 Å². The van der Waals surface area contributed by atoms with Crippen LogP contribution in [0.15, 0.2) is 59.8 Å². The number of aryl methyl sites for hydroxylation is 1. The molecule has 0 aliphatic rings. The molecule has 0 radical (unpaired) electrons. The van der Waals surface area contributed by atoms with Gasteiger partial charge < -0.3 is 4.90 Å². The number of tetrazole rings is 1. The molecule has 0 bridgehead atoms. The molecule has 0 saturated carbocycles. The Bertz CT molecular complexity index is 849. The monoisotopic (exact) mass is 353 g/mol. The first-order valence-electron chi connectivity index (χ1n) is 7.90. The van der Waals surface area contributed by atoms with E-state index >= 15 is 0 Å². The van der Waals surface area contributed by atoms with Gasteiger partial charge in [0.15, 0.2) is 0 Å². The molecule has 1 heterocycles. The predicted molar refractivity (Wildman–Crippen MR) is 97.5 cm³/mol. The molecule has 0 saturated heterocycles. The van der Waals surface area contributed by atoms with E-state index in [1.807, 2.05) is 55.6 Å². The molecule has 0 fully saturated rings. The Morgan fingerprint density at radius 2 is 1.84 bits per heavy atom. The van der Waals surface area contributed by atoms with Crippen LogP contribution in [0.1, 0.15) is 11.1 Å². The highest BCUT2D eigenvalue weighted by molar-refractivity contribution is 7.99. The quantitative estimate of drug-likeness (QED) is 0.638. The number of benzene rings is 2. The number of rotatable bonds is 6. The van der Waals surface area contributed by atoms with E-state index in [9.17, 15) is 4.79 Å². The molecule has 0 spiro atoms. The van der Waals surface area contributed by atoms with E-state index in [0.29, 0.717) is 11.7 Å². The summed E-state index contributed by atoms with van der Waals surface area (Å²) in [6.45, 7) is 2.64. The number of para-hydroxylation sites is 1. The van der Waals surface area contributed by atoms with E-state index in [4.69, 9.17) is 0 Å². The number of hydrogen-bond donors (Lipinski definition) is 0. The van der Waals surface area contributed by atoms with E-state index in [1.54, 1.807) is 9.58 Å². The summed E-state index contributed by atoms with van der Waals surface area (Å²) in [5, 5.41) is 12.3. The first-order valence-corrected chi connectivity index (χ1v) is 8.89. The van der Waals surface area contributed by atoms with Gasteiger partial charge in [-0.3, -0.25) is 4.79 Å². The zero-order chi connectivity index (χ0) is 17.6. The van der Waals surface area contributed by atoms with Gasteiger partial charge in [-0.2, -0.15) is 4.68 Å². The van der Waals surface area contributed by atoms with Gasteiger partial charge >= 0.3 is 0 Å². The van der Waals surface area contributed by atoms with Crippen LogP contribution in [0.5, 0.6) is 0 Å². The normalized spacial score (nSPS) is 10.6. The molecule has 6 nitrogen and oxygen atoms in total. The molecule has 2 aromatic carbocycles. The number of carbonyl (C=O) groups is 1. The highest BCUT2D eigenvalue weighted by atomic mass is 32.2. The largest absolute Gasteiger partial charge is 0.341 e. The van der Waals surface area contributed by atoms with Crippen LogP contribution in [-0.2, 0) is 11.3 Å². The second-order valence-electron chi connectivity index (χ2n) is 5.67. The highest BCUT2D eigenvalue weighted by Gasteiger charge is 2.14. The second-order valence-corrected chi connectivity index (χ2v) is 6.62. The zero-order valence-electron chi connectivity index (χ0n) is 14.2. The van der Waals surface area contributed by atoms with Crippen LogP contribution in [0.3, 0.4) is 0 Å². The number of nitrogens with zero attached hydrogens (tertiary/aromatic N) is 5. The van der Waals surface area contributed by atoms with Crippen molar-refractivity contribution < 1.29 is 4.79 Å². The molecule has 1 aromatic heterocycles. The van der Waals surface area contributed by atoms with Gasteiger partial charge in [0.25, 0.3) is 0 Å². The van der Waals surface area contributed by atoms with Crippen LogP contribution in [0.2, 0.25) is 0 Å². The number of carbonyl (C=O) groups excluding carboxylic acids is 1. The minimum Gasteiger partial charge on any atom is -0.341 e. The zero-order valence-corrected chi connectivity index (χ0v) is 15.0. The second kappa shape index (κ2) is 7.94. The van der Waals surface area contributed by atoms with Crippen molar-refractivity contribution in [2.24, 2.45) is 0 Å². The molecule has 0 aliphatic carbocycles. The van der Waals surface area contributed by atoms with Crippen LogP contribution >= 0.6 is 11.8 Å². The number of aromatic nitrogens is 4. The van der Waals surface area contributed by atoms with Crippen molar-refractivity contribution in [2.75, 3.05) is 12.8 Å². The predicted octanol–water partition coefficient (Wildman–Crippen LogP) is 2.72. The van der Waals surface area contributed by atoms with Crippen molar-refractivity contribution in [3.8, 4) is 5.69 Å². The summed E-state index contributed by atoms with van der Waals surface area (Å²) >= 11 is 1.34. The summed E-state index contributed by atoms with van der Waals surface area (Å²) in [5.41, 5.74) is 3.20. The van der Waals surface area contributed by atoms with Gasteiger partial charge in [-0.05, 0) is 40.6 Å². The maximum absolute atomic E-state index is 12.4. The molecule has 25 heavy (non-hydrogen) atoms. The van der Waals surface area contributed by atoms with Crippen molar-refractivity contribution in [2.45, 2.75) is 18.6 Å². The lowest BCUT2D eigenvalue weighted by Gasteiger charge is -2.18. The van der Waals surface area contributed by atoms with Crippen LogP contribution in [0.25, 0.3) is 5.69 Å². The van der Waals surface area contributed by atoms with Gasteiger partial charge in [0.2, 0.25) is 11.1 Å². The third kappa shape index (κ3) is 4.24. The number of hydrogen-bond acceptors (Lipinski definition) is 5. The summed E-state index contributed by atoms with van der Waals surface area (Å²) in [5.74, 6) is 0.325. The molecule has 1 amide bonds. The van der Waals surface area contributed by atoms with Gasteiger partial charge in [-0.15, -0.1) is 5.10 Å². The van der Waals surface area contributed by atoms with Gasteiger partial charge in [0.1, 0.15) is 0 Å². The van der Waals surface area contributed by atoms with E-state index in [2.05, 4.69) is 28.5 Å². The minimum absolute atomic E-state index is 0.0378. The fourth-order valence-electron chi connectivity index (χ4n) is 2.37. The highest BCUT2D eigenvalue weighted by Crippen LogP contribution is 2.19. The van der Waals surface area contributed by atoms with Crippen molar-refractivity contribution in [3.63, 3.8) is 0 Å². The maximum Gasteiger partial charge on any atom is 0.233 e. The van der Waals surface area contributed by atoms with Gasteiger partial charge in [-0.1, -0.05) is 54.2 Å². The molecular formula is C18H19N5OS. The van der Waals surface area contributed by atoms with Crippen molar-refractivity contribution >= 4 is 17.7 Å².